The highest BCUT2D eigenvalue weighted by Gasteiger charge is 2.35. The molecule has 1 amide bonds. The number of amides is 1. The highest BCUT2D eigenvalue weighted by Crippen LogP contribution is 2.34. The molecule has 1 aliphatic heterocycles. The predicted molar refractivity (Wildman–Crippen MR) is 104 cm³/mol. The highest BCUT2D eigenvalue weighted by molar-refractivity contribution is 5.94. The zero-order chi connectivity index (χ0) is 20.1. The van der Waals surface area contributed by atoms with Crippen molar-refractivity contribution in [3.8, 4) is 0 Å². The molecule has 0 atom stereocenters. The number of tetrazole rings is 1. The zero-order valence-electron chi connectivity index (χ0n) is 15.9. The van der Waals surface area contributed by atoms with Crippen LogP contribution in [0.4, 0.5) is 4.39 Å². The molecule has 0 radical (unpaired) electrons. The van der Waals surface area contributed by atoms with Crippen LogP contribution in [0, 0.1) is 5.82 Å². The van der Waals surface area contributed by atoms with E-state index in [0.29, 0.717) is 31.9 Å². The van der Waals surface area contributed by atoms with Crippen LogP contribution >= 0.6 is 0 Å². The second kappa shape index (κ2) is 8.48. The van der Waals surface area contributed by atoms with Gasteiger partial charge in [-0.05, 0) is 58.7 Å². The highest BCUT2D eigenvalue weighted by atomic mass is 19.1. The van der Waals surface area contributed by atoms with Crippen LogP contribution in [-0.4, -0.2) is 45.9 Å². The number of hydrogen-bond donors (Lipinski definition) is 1. The third-order valence-corrected chi connectivity index (χ3v) is 5.43. The topological polar surface area (TPSA) is 81.9 Å². The minimum absolute atomic E-state index is 0.152. The van der Waals surface area contributed by atoms with Gasteiger partial charge in [-0.3, -0.25) is 4.79 Å². The first kappa shape index (κ1) is 19.2. The quantitative estimate of drug-likeness (QED) is 0.693. The van der Waals surface area contributed by atoms with Gasteiger partial charge in [0.1, 0.15) is 12.1 Å². The first-order valence-electron chi connectivity index (χ1n) is 9.56. The van der Waals surface area contributed by atoms with Crippen LogP contribution in [0.25, 0.3) is 0 Å². The van der Waals surface area contributed by atoms with Crippen molar-refractivity contribution >= 4 is 5.91 Å². The number of hydrogen-bond acceptors (Lipinski definition) is 5. The molecule has 1 aliphatic rings. The normalized spacial score (nSPS) is 15.8. The molecule has 3 aromatic rings. The Hall–Kier alpha value is -3.13. The van der Waals surface area contributed by atoms with Gasteiger partial charge in [-0.2, -0.15) is 0 Å². The molecule has 2 aromatic carbocycles. The number of benzene rings is 2. The van der Waals surface area contributed by atoms with E-state index in [1.54, 1.807) is 35.3 Å². The summed E-state index contributed by atoms with van der Waals surface area (Å²) in [6, 6.07) is 14.0. The van der Waals surface area contributed by atoms with E-state index >= 15 is 0 Å². The predicted octanol–water partition coefficient (Wildman–Crippen LogP) is 2.34. The lowest BCUT2D eigenvalue weighted by Crippen LogP contribution is -2.44. The first-order valence-corrected chi connectivity index (χ1v) is 9.56. The van der Waals surface area contributed by atoms with Gasteiger partial charge in [0, 0.05) is 30.7 Å². The fourth-order valence-corrected chi connectivity index (χ4v) is 3.70. The van der Waals surface area contributed by atoms with E-state index in [9.17, 15) is 9.18 Å². The molecule has 0 saturated carbocycles. The number of rotatable bonds is 6. The Balaban J connectivity index is 1.44. The summed E-state index contributed by atoms with van der Waals surface area (Å²) in [5, 5.41) is 14.1. The van der Waals surface area contributed by atoms with Crippen LogP contribution in [0.5, 0.6) is 0 Å². The lowest BCUT2D eigenvalue weighted by atomic mass is 9.74. The standard InChI is InChI=1S/C21H22FN5O2/c22-19-3-1-2-18(12-19)21(8-10-29-11-9-21)14-23-20(28)17-6-4-16(5-7-17)13-27-15-24-25-26-27/h1-7,12,15H,8-11,13-14H2,(H,23,28). The Morgan fingerprint density at radius 1 is 1.17 bits per heavy atom. The number of aromatic nitrogens is 4. The lowest BCUT2D eigenvalue weighted by Gasteiger charge is -2.38. The number of halogens is 1. The van der Waals surface area contributed by atoms with Crippen LogP contribution in [0.15, 0.2) is 54.9 Å². The van der Waals surface area contributed by atoms with Crippen LogP contribution in [0.1, 0.15) is 34.3 Å². The van der Waals surface area contributed by atoms with E-state index in [-0.39, 0.29) is 17.1 Å². The third kappa shape index (κ3) is 4.48. The van der Waals surface area contributed by atoms with Gasteiger partial charge in [0.25, 0.3) is 5.91 Å². The summed E-state index contributed by atoms with van der Waals surface area (Å²) in [5.74, 6) is -0.417. The first-order chi connectivity index (χ1) is 14.1. The molecule has 0 bridgehead atoms. The molecule has 0 spiro atoms. The summed E-state index contributed by atoms with van der Waals surface area (Å²) in [6.07, 6.45) is 3.02. The number of nitrogens with zero attached hydrogens (tertiary/aromatic N) is 4. The minimum Gasteiger partial charge on any atom is -0.381 e. The third-order valence-electron chi connectivity index (χ3n) is 5.43. The van der Waals surface area contributed by atoms with Crippen molar-refractivity contribution in [1.82, 2.24) is 25.5 Å². The van der Waals surface area contributed by atoms with Crippen molar-refractivity contribution in [2.24, 2.45) is 0 Å². The molecule has 1 fully saturated rings. The van der Waals surface area contributed by atoms with Crippen molar-refractivity contribution in [3.63, 3.8) is 0 Å². The smallest absolute Gasteiger partial charge is 0.251 e. The van der Waals surface area contributed by atoms with Crippen LogP contribution in [0.2, 0.25) is 0 Å². The van der Waals surface area contributed by atoms with E-state index < -0.39 is 0 Å². The number of carbonyl (C=O) groups excluding carboxylic acids is 1. The molecule has 150 valence electrons. The molecule has 7 nitrogen and oxygen atoms in total. The lowest BCUT2D eigenvalue weighted by molar-refractivity contribution is 0.0486. The van der Waals surface area contributed by atoms with Crippen LogP contribution < -0.4 is 5.32 Å². The van der Waals surface area contributed by atoms with E-state index in [1.807, 2.05) is 18.2 Å². The SMILES string of the molecule is O=C(NCC1(c2cccc(F)c2)CCOCC1)c1ccc(Cn2cnnn2)cc1. The summed E-state index contributed by atoms with van der Waals surface area (Å²) in [4.78, 5) is 12.7. The second-order valence-electron chi connectivity index (χ2n) is 7.29. The maximum absolute atomic E-state index is 13.8. The minimum atomic E-state index is -0.323. The van der Waals surface area contributed by atoms with Crippen molar-refractivity contribution < 1.29 is 13.9 Å². The van der Waals surface area contributed by atoms with Crippen LogP contribution in [0.3, 0.4) is 0 Å². The molecule has 29 heavy (non-hydrogen) atoms. The fourth-order valence-electron chi connectivity index (χ4n) is 3.70. The molecular weight excluding hydrogens is 373 g/mol. The average Bonchev–Trinajstić information content (AvgIpc) is 3.26. The summed E-state index contributed by atoms with van der Waals surface area (Å²) >= 11 is 0. The van der Waals surface area contributed by atoms with E-state index in [0.717, 1.165) is 24.0 Å². The number of ether oxygens (including phenoxy) is 1. The monoisotopic (exact) mass is 395 g/mol. The molecule has 4 rings (SSSR count). The summed E-state index contributed by atoms with van der Waals surface area (Å²) in [6.45, 7) is 2.17. The zero-order valence-corrected chi connectivity index (χ0v) is 15.9. The Bertz CT molecular complexity index is 953. The number of carbonyl (C=O) groups is 1. The van der Waals surface area contributed by atoms with Crippen LogP contribution in [-0.2, 0) is 16.7 Å². The van der Waals surface area contributed by atoms with Gasteiger partial charge in [-0.15, -0.1) is 5.10 Å². The van der Waals surface area contributed by atoms with Gasteiger partial charge >= 0.3 is 0 Å². The Morgan fingerprint density at radius 2 is 1.97 bits per heavy atom. The average molecular weight is 395 g/mol. The molecular formula is C21H22FN5O2. The van der Waals surface area contributed by atoms with Crippen molar-refractivity contribution in [2.75, 3.05) is 19.8 Å². The van der Waals surface area contributed by atoms with Gasteiger partial charge in [0.15, 0.2) is 0 Å². The van der Waals surface area contributed by atoms with Gasteiger partial charge in [0.2, 0.25) is 0 Å². The summed E-state index contributed by atoms with van der Waals surface area (Å²) < 4.78 is 20.9. The van der Waals surface area contributed by atoms with Gasteiger partial charge in [-0.1, -0.05) is 24.3 Å². The molecule has 0 aliphatic carbocycles. The Kier molecular flexibility index (Phi) is 5.62. The van der Waals surface area contributed by atoms with E-state index in [4.69, 9.17) is 4.74 Å². The molecule has 0 unspecified atom stereocenters. The fraction of sp³-hybridized carbons (Fsp3) is 0.333. The Morgan fingerprint density at radius 3 is 2.66 bits per heavy atom. The van der Waals surface area contributed by atoms with E-state index in [1.165, 1.54) is 6.07 Å². The number of nitrogens with one attached hydrogen (secondary N) is 1. The summed E-state index contributed by atoms with van der Waals surface area (Å²) in [5.41, 5.74) is 2.15. The van der Waals surface area contributed by atoms with Crippen molar-refractivity contribution in [1.29, 1.82) is 0 Å². The molecule has 1 N–H and O–H groups in total. The van der Waals surface area contributed by atoms with Gasteiger partial charge in [0.05, 0.1) is 6.54 Å². The summed E-state index contributed by atoms with van der Waals surface area (Å²) in [7, 11) is 0. The van der Waals surface area contributed by atoms with Gasteiger partial charge < -0.3 is 10.1 Å². The maximum Gasteiger partial charge on any atom is 0.251 e. The van der Waals surface area contributed by atoms with E-state index in [2.05, 4.69) is 20.8 Å². The van der Waals surface area contributed by atoms with Crippen molar-refractivity contribution in [3.05, 3.63) is 77.4 Å². The molecule has 1 saturated heterocycles. The van der Waals surface area contributed by atoms with Gasteiger partial charge in [-0.25, -0.2) is 9.07 Å². The molecule has 2 heterocycles. The van der Waals surface area contributed by atoms with Crippen molar-refractivity contribution in [2.45, 2.75) is 24.8 Å². The largest absolute Gasteiger partial charge is 0.381 e. The second-order valence-corrected chi connectivity index (χ2v) is 7.29. The maximum atomic E-state index is 13.8. The molecule has 8 heteroatoms. The Labute approximate surface area is 167 Å². The molecule has 1 aromatic heterocycles.